The molecule has 1 fully saturated rings. The first-order chi connectivity index (χ1) is 8.74. The normalized spacial score (nSPS) is 17.4. The predicted molar refractivity (Wildman–Crippen MR) is 60.6 cm³/mol. The van der Waals surface area contributed by atoms with E-state index in [-0.39, 0.29) is 28.4 Å². The zero-order valence-electron chi connectivity index (χ0n) is 9.20. The second-order valence-corrected chi connectivity index (χ2v) is 3.93. The molecule has 0 atom stereocenters. The Balaban J connectivity index is 2.26. The van der Waals surface area contributed by atoms with Crippen LogP contribution in [0.4, 0.5) is 0 Å². The van der Waals surface area contributed by atoms with Gasteiger partial charge in [0.1, 0.15) is 17.1 Å². The topological polar surface area (TPSA) is 98.8 Å². The molecule has 3 rings (SSSR count). The van der Waals surface area contributed by atoms with E-state index in [0.717, 1.165) is 0 Å². The number of azide groups is 1. The van der Waals surface area contributed by atoms with Crippen LogP contribution in [0.3, 0.4) is 0 Å². The van der Waals surface area contributed by atoms with Crippen LogP contribution in [-0.4, -0.2) is 34.5 Å². The molecular formula is C11H7N5O2. The third-order valence-corrected chi connectivity index (χ3v) is 2.83. The van der Waals surface area contributed by atoms with Crippen molar-refractivity contribution in [2.24, 2.45) is 5.11 Å². The predicted octanol–water partition coefficient (Wildman–Crippen LogP) is 1.30. The molecule has 18 heavy (non-hydrogen) atoms. The first kappa shape index (κ1) is 10.5. The lowest BCUT2D eigenvalue weighted by Gasteiger charge is -2.18. The van der Waals surface area contributed by atoms with Crippen molar-refractivity contribution in [3.05, 3.63) is 51.4 Å². The molecule has 1 aromatic rings. The van der Waals surface area contributed by atoms with Gasteiger partial charge in [-0.05, 0) is 17.7 Å². The van der Waals surface area contributed by atoms with Gasteiger partial charge in [-0.25, -0.2) is 0 Å². The summed E-state index contributed by atoms with van der Waals surface area (Å²) in [5.41, 5.74) is 8.88. The highest BCUT2D eigenvalue weighted by atomic mass is 16.1. The van der Waals surface area contributed by atoms with Gasteiger partial charge >= 0.3 is 0 Å². The van der Waals surface area contributed by atoms with Crippen LogP contribution >= 0.6 is 0 Å². The minimum absolute atomic E-state index is 0.125. The number of fused-ring (bicyclic) bond motifs is 1. The number of nitrogens with zero attached hydrogens (tertiary/aromatic N) is 5. The Kier molecular flexibility index (Phi) is 2.14. The number of hydrogen-bond acceptors (Lipinski definition) is 5. The molecule has 0 radical (unpaired) electrons. The molecule has 1 aromatic heterocycles. The molecule has 1 saturated heterocycles. The second-order valence-electron chi connectivity index (χ2n) is 3.93. The van der Waals surface area contributed by atoms with Crippen LogP contribution in [0.25, 0.3) is 10.4 Å². The van der Waals surface area contributed by atoms with Gasteiger partial charge in [0.2, 0.25) is 5.78 Å². The van der Waals surface area contributed by atoms with Crippen molar-refractivity contribution in [2.75, 3.05) is 13.1 Å². The van der Waals surface area contributed by atoms with Gasteiger partial charge in [-0.15, -0.1) is 0 Å². The van der Waals surface area contributed by atoms with E-state index in [4.69, 9.17) is 5.53 Å². The Bertz CT molecular complexity index is 653. The van der Waals surface area contributed by atoms with E-state index in [0.29, 0.717) is 13.1 Å². The fraction of sp³-hybridized carbons (Fsp3) is 0.182. The van der Waals surface area contributed by atoms with Gasteiger partial charge in [0, 0.05) is 24.2 Å². The minimum atomic E-state index is -0.447. The fourth-order valence-electron chi connectivity index (χ4n) is 1.93. The van der Waals surface area contributed by atoms with Crippen LogP contribution in [0.1, 0.15) is 20.8 Å². The van der Waals surface area contributed by atoms with Gasteiger partial charge in [-0.2, -0.15) is 0 Å². The van der Waals surface area contributed by atoms with Crippen molar-refractivity contribution >= 4 is 11.6 Å². The summed E-state index contributed by atoms with van der Waals surface area (Å²) in [6, 6.07) is 3.08. The summed E-state index contributed by atoms with van der Waals surface area (Å²) in [6.07, 6.45) is 1.46. The van der Waals surface area contributed by atoms with E-state index in [2.05, 4.69) is 15.0 Å². The second kappa shape index (κ2) is 3.68. The van der Waals surface area contributed by atoms with Crippen molar-refractivity contribution in [3.8, 4) is 0 Å². The molecule has 0 amide bonds. The van der Waals surface area contributed by atoms with Crippen molar-refractivity contribution in [1.29, 1.82) is 0 Å². The molecule has 1 aliphatic heterocycles. The molecule has 88 valence electrons. The number of ketones is 2. The molecule has 2 heterocycles. The standard InChI is InChI=1S/C11H7N5O2/c12-15-14-8-9(16-4-5-16)11(18)7-6(10(8)17)2-1-3-13-7/h1-3H,4-5H2. The van der Waals surface area contributed by atoms with Crippen molar-refractivity contribution < 1.29 is 9.59 Å². The molecule has 0 spiro atoms. The molecule has 0 bridgehead atoms. The van der Waals surface area contributed by atoms with E-state index < -0.39 is 5.78 Å². The lowest BCUT2D eigenvalue weighted by Crippen LogP contribution is -2.26. The maximum absolute atomic E-state index is 12.2. The zero-order valence-corrected chi connectivity index (χ0v) is 9.20. The van der Waals surface area contributed by atoms with E-state index in [1.54, 1.807) is 11.0 Å². The van der Waals surface area contributed by atoms with Crippen LogP contribution in [0.5, 0.6) is 0 Å². The third kappa shape index (κ3) is 1.38. The summed E-state index contributed by atoms with van der Waals surface area (Å²) < 4.78 is 0. The Morgan fingerprint density at radius 2 is 2.11 bits per heavy atom. The average molecular weight is 241 g/mol. The number of pyridine rings is 1. The van der Waals surface area contributed by atoms with Gasteiger partial charge in [-0.1, -0.05) is 5.11 Å². The smallest absolute Gasteiger partial charge is 0.228 e. The van der Waals surface area contributed by atoms with Crippen LogP contribution < -0.4 is 0 Å². The first-order valence-electron chi connectivity index (χ1n) is 5.33. The summed E-state index contributed by atoms with van der Waals surface area (Å²) in [6.45, 7) is 1.36. The van der Waals surface area contributed by atoms with Crippen molar-refractivity contribution in [2.45, 2.75) is 0 Å². The Labute approximate surface area is 101 Å². The van der Waals surface area contributed by atoms with E-state index in [1.165, 1.54) is 12.3 Å². The van der Waals surface area contributed by atoms with Crippen LogP contribution in [0.15, 0.2) is 34.8 Å². The number of hydrogen-bond donors (Lipinski definition) is 0. The molecule has 2 aliphatic rings. The van der Waals surface area contributed by atoms with Gasteiger partial charge in [0.05, 0.1) is 5.56 Å². The van der Waals surface area contributed by atoms with Crippen LogP contribution in [-0.2, 0) is 0 Å². The summed E-state index contributed by atoms with van der Waals surface area (Å²) in [7, 11) is 0. The first-order valence-corrected chi connectivity index (χ1v) is 5.33. The monoisotopic (exact) mass is 241 g/mol. The summed E-state index contributed by atoms with van der Waals surface area (Å²) in [4.78, 5) is 32.6. The highest BCUT2D eigenvalue weighted by Crippen LogP contribution is 2.30. The SMILES string of the molecule is [N-]=[N+]=NC1=C(N2CC2)C(=O)c2ncccc2C1=O. The molecule has 7 heteroatoms. The largest absolute Gasteiger partial charge is 0.364 e. The van der Waals surface area contributed by atoms with E-state index in [1.807, 2.05) is 0 Å². The maximum atomic E-state index is 12.2. The molecule has 0 aromatic carbocycles. The number of aromatic nitrogens is 1. The molecule has 0 unspecified atom stereocenters. The molecule has 0 N–H and O–H groups in total. The lowest BCUT2D eigenvalue weighted by atomic mass is 9.95. The number of carbonyl (C=O) groups is 2. The van der Waals surface area contributed by atoms with E-state index in [9.17, 15) is 9.59 Å². The maximum Gasteiger partial charge on any atom is 0.228 e. The van der Waals surface area contributed by atoms with Crippen LogP contribution in [0, 0.1) is 0 Å². The van der Waals surface area contributed by atoms with E-state index >= 15 is 0 Å². The quantitative estimate of drug-likeness (QED) is 0.337. The Hall–Kier alpha value is -2.66. The van der Waals surface area contributed by atoms with Gasteiger partial charge in [-0.3, -0.25) is 14.6 Å². The Morgan fingerprint density at radius 3 is 2.78 bits per heavy atom. The lowest BCUT2D eigenvalue weighted by molar-refractivity contribution is 0.0955. The minimum Gasteiger partial charge on any atom is -0.364 e. The number of allylic oxidation sites excluding steroid dienone is 2. The van der Waals surface area contributed by atoms with Gasteiger partial charge in [0.25, 0.3) is 0 Å². The Morgan fingerprint density at radius 1 is 1.33 bits per heavy atom. The number of carbonyl (C=O) groups excluding carboxylic acids is 2. The molecular weight excluding hydrogens is 234 g/mol. The third-order valence-electron chi connectivity index (χ3n) is 2.83. The molecule has 7 nitrogen and oxygen atoms in total. The average Bonchev–Trinajstić information content (AvgIpc) is 3.20. The van der Waals surface area contributed by atoms with Crippen molar-refractivity contribution in [1.82, 2.24) is 9.88 Å². The summed E-state index contributed by atoms with van der Waals surface area (Å²) in [5, 5.41) is 3.38. The zero-order chi connectivity index (χ0) is 12.7. The summed E-state index contributed by atoms with van der Waals surface area (Å²) in [5.74, 6) is -0.803. The highest BCUT2D eigenvalue weighted by Gasteiger charge is 2.38. The number of Topliss-reactive ketones (excluding diaryl/α,β-unsaturated/α-hetero) is 2. The highest BCUT2D eigenvalue weighted by molar-refractivity contribution is 6.25. The van der Waals surface area contributed by atoms with Gasteiger partial charge in [0.15, 0.2) is 5.78 Å². The molecule has 0 saturated carbocycles. The summed E-state index contributed by atoms with van der Waals surface area (Å²) >= 11 is 0. The molecule has 1 aliphatic carbocycles. The number of rotatable bonds is 2. The van der Waals surface area contributed by atoms with Gasteiger partial charge < -0.3 is 4.90 Å². The van der Waals surface area contributed by atoms with Crippen LogP contribution in [0.2, 0.25) is 0 Å². The van der Waals surface area contributed by atoms with Crippen molar-refractivity contribution in [3.63, 3.8) is 0 Å². The fourth-order valence-corrected chi connectivity index (χ4v) is 1.93.